The number of rotatable bonds is 4. The summed E-state index contributed by atoms with van der Waals surface area (Å²) in [4.78, 5) is 12.0. The van der Waals surface area contributed by atoms with Crippen LogP contribution in [0.1, 0.15) is 16.7 Å². The Hall–Kier alpha value is -1.41. The molecule has 0 unspecified atom stereocenters. The van der Waals surface area contributed by atoms with Crippen molar-refractivity contribution in [2.75, 3.05) is 0 Å². The van der Waals surface area contributed by atoms with Crippen LogP contribution in [0.25, 0.3) is 0 Å². The SMILES string of the molecule is Cc1cccc(CC(=O)Cc2ccc(Br)cc2)c1. The molecule has 2 heteroatoms. The minimum Gasteiger partial charge on any atom is -0.299 e. The van der Waals surface area contributed by atoms with E-state index in [1.165, 1.54) is 5.56 Å². The number of ketones is 1. The van der Waals surface area contributed by atoms with Crippen LogP contribution in [0.3, 0.4) is 0 Å². The fourth-order valence-corrected chi connectivity index (χ4v) is 2.21. The molecule has 1 nitrogen and oxygen atoms in total. The second-order valence-electron chi connectivity index (χ2n) is 4.51. The Morgan fingerprint density at radius 3 is 2.33 bits per heavy atom. The van der Waals surface area contributed by atoms with Crippen molar-refractivity contribution in [3.8, 4) is 0 Å². The number of carbonyl (C=O) groups is 1. The molecule has 0 heterocycles. The molecule has 0 fully saturated rings. The Morgan fingerprint density at radius 1 is 1.00 bits per heavy atom. The molecule has 2 aromatic carbocycles. The van der Waals surface area contributed by atoms with Gasteiger partial charge in [0.05, 0.1) is 0 Å². The minimum atomic E-state index is 0.253. The first-order chi connectivity index (χ1) is 8.63. The lowest BCUT2D eigenvalue weighted by Gasteiger charge is -2.03. The van der Waals surface area contributed by atoms with Gasteiger partial charge in [-0.05, 0) is 30.2 Å². The lowest BCUT2D eigenvalue weighted by molar-refractivity contribution is -0.117. The molecule has 0 aliphatic heterocycles. The first-order valence-electron chi connectivity index (χ1n) is 5.95. The van der Waals surface area contributed by atoms with Crippen molar-refractivity contribution < 1.29 is 4.79 Å². The van der Waals surface area contributed by atoms with Gasteiger partial charge in [0.1, 0.15) is 5.78 Å². The van der Waals surface area contributed by atoms with Crippen LogP contribution < -0.4 is 0 Å². The number of benzene rings is 2. The number of hydrogen-bond acceptors (Lipinski definition) is 1. The summed E-state index contributed by atoms with van der Waals surface area (Å²) in [7, 11) is 0. The first-order valence-corrected chi connectivity index (χ1v) is 6.74. The van der Waals surface area contributed by atoms with E-state index in [2.05, 4.69) is 22.0 Å². The molecule has 0 radical (unpaired) electrons. The van der Waals surface area contributed by atoms with Crippen molar-refractivity contribution in [1.29, 1.82) is 0 Å². The molecule has 92 valence electrons. The summed E-state index contributed by atoms with van der Waals surface area (Å²) in [5.41, 5.74) is 3.36. The molecule has 0 atom stereocenters. The third-order valence-electron chi connectivity index (χ3n) is 2.80. The molecule has 18 heavy (non-hydrogen) atoms. The summed E-state index contributed by atoms with van der Waals surface area (Å²) >= 11 is 3.39. The van der Waals surface area contributed by atoms with Gasteiger partial charge in [-0.2, -0.15) is 0 Å². The lowest BCUT2D eigenvalue weighted by Crippen LogP contribution is -2.06. The summed E-state index contributed by atoms with van der Waals surface area (Å²) in [5.74, 6) is 0.253. The standard InChI is InChI=1S/C16H15BrO/c1-12-3-2-4-14(9-12)11-16(18)10-13-5-7-15(17)8-6-13/h2-9H,10-11H2,1H3. The highest BCUT2D eigenvalue weighted by Gasteiger charge is 2.05. The normalized spacial score (nSPS) is 10.3. The molecule has 0 N–H and O–H groups in total. The zero-order chi connectivity index (χ0) is 13.0. The van der Waals surface area contributed by atoms with Crippen LogP contribution in [0.2, 0.25) is 0 Å². The van der Waals surface area contributed by atoms with Crippen LogP contribution >= 0.6 is 15.9 Å². The Balaban J connectivity index is 1.98. The summed E-state index contributed by atoms with van der Waals surface area (Å²) in [6, 6.07) is 16.0. The van der Waals surface area contributed by atoms with Crippen LogP contribution in [0, 0.1) is 6.92 Å². The second kappa shape index (κ2) is 5.96. The van der Waals surface area contributed by atoms with Gasteiger partial charge < -0.3 is 0 Å². The van der Waals surface area contributed by atoms with E-state index in [-0.39, 0.29) is 5.78 Å². The molecule has 0 amide bonds. The third-order valence-corrected chi connectivity index (χ3v) is 3.33. The van der Waals surface area contributed by atoms with Crippen LogP contribution in [0.5, 0.6) is 0 Å². The molecule has 0 saturated heterocycles. The van der Waals surface area contributed by atoms with Gasteiger partial charge in [-0.3, -0.25) is 4.79 Å². The maximum atomic E-state index is 12.0. The predicted molar refractivity (Wildman–Crippen MR) is 77.7 cm³/mol. The smallest absolute Gasteiger partial charge is 0.141 e. The van der Waals surface area contributed by atoms with Crippen molar-refractivity contribution in [2.24, 2.45) is 0 Å². The summed E-state index contributed by atoms with van der Waals surface area (Å²) in [6.45, 7) is 2.04. The molecular weight excluding hydrogens is 288 g/mol. The van der Waals surface area contributed by atoms with E-state index < -0.39 is 0 Å². The highest BCUT2D eigenvalue weighted by Crippen LogP contribution is 2.12. The second-order valence-corrected chi connectivity index (χ2v) is 5.42. The van der Waals surface area contributed by atoms with Gasteiger partial charge in [-0.15, -0.1) is 0 Å². The van der Waals surface area contributed by atoms with Crippen LogP contribution in [0.4, 0.5) is 0 Å². The van der Waals surface area contributed by atoms with Crippen molar-refractivity contribution in [1.82, 2.24) is 0 Å². The Kier molecular flexibility index (Phi) is 4.32. The summed E-state index contributed by atoms with van der Waals surface area (Å²) < 4.78 is 1.04. The predicted octanol–water partition coefficient (Wildman–Crippen LogP) is 4.11. The molecule has 2 rings (SSSR count). The lowest BCUT2D eigenvalue weighted by atomic mass is 10.0. The van der Waals surface area contributed by atoms with E-state index in [0.29, 0.717) is 12.8 Å². The average Bonchev–Trinajstić information content (AvgIpc) is 2.32. The van der Waals surface area contributed by atoms with Gasteiger partial charge in [0.2, 0.25) is 0 Å². The van der Waals surface area contributed by atoms with Gasteiger partial charge in [0.15, 0.2) is 0 Å². The highest BCUT2D eigenvalue weighted by molar-refractivity contribution is 9.10. The fourth-order valence-electron chi connectivity index (χ4n) is 1.94. The van der Waals surface area contributed by atoms with Gasteiger partial charge in [0, 0.05) is 17.3 Å². The molecule has 0 aliphatic rings. The summed E-state index contributed by atoms with van der Waals surface area (Å²) in [5, 5.41) is 0. The summed E-state index contributed by atoms with van der Waals surface area (Å²) in [6.07, 6.45) is 1.01. The zero-order valence-corrected chi connectivity index (χ0v) is 11.9. The Morgan fingerprint density at radius 2 is 1.67 bits per heavy atom. The molecule has 0 spiro atoms. The molecule has 2 aromatic rings. The van der Waals surface area contributed by atoms with Crippen molar-refractivity contribution >= 4 is 21.7 Å². The van der Waals surface area contributed by atoms with Crippen molar-refractivity contribution in [3.05, 3.63) is 69.7 Å². The minimum absolute atomic E-state index is 0.253. The van der Waals surface area contributed by atoms with E-state index in [0.717, 1.165) is 15.6 Å². The van der Waals surface area contributed by atoms with Crippen LogP contribution in [0.15, 0.2) is 53.0 Å². The Bertz CT molecular complexity index is 543. The largest absolute Gasteiger partial charge is 0.299 e. The molecule has 0 aliphatic carbocycles. The number of carbonyl (C=O) groups excluding carboxylic acids is 1. The topological polar surface area (TPSA) is 17.1 Å². The van der Waals surface area contributed by atoms with Gasteiger partial charge in [0.25, 0.3) is 0 Å². The fraction of sp³-hybridized carbons (Fsp3) is 0.188. The molecule has 0 bridgehead atoms. The Labute approximate surface area is 116 Å². The quantitative estimate of drug-likeness (QED) is 0.830. The van der Waals surface area contributed by atoms with E-state index in [1.807, 2.05) is 49.4 Å². The maximum Gasteiger partial charge on any atom is 0.141 e. The number of Topliss-reactive ketones (excluding diaryl/α,β-unsaturated/α-hetero) is 1. The highest BCUT2D eigenvalue weighted by atomic mass is 79.9. The van der Waals surface area contributed by atoms with Crippen LogP contribution in [-0.4, -0.2) is 5.78 Å². The third kappa shape index (κ3) is 3.81. The van der Waals surface area contributed by atoms with E-state index in [1.54, 1.807) is 0 Å². The molecule has 0 saturated carbocycles. The van der Waals surface area contributed by atoms with E-state index in [9.17, 15) is 4.79 Å². The van der Waals surface area contributed by atoms with E-state index in [4.69, 9.17) is 0 Å². The van der Waals surface area contributed by atoms with Gasteiger partial charge in [-0.1, -0.05) is 57.9 Å². The first kappa shape index (κ1) is 13.0. The van der Waals surface area contributed by atoms with Crippen molar-refractivity contribution in [3.63, 3.8) is 0 Å². The van der Waals surface area contributed by atoms with Crippen molar-refractivity contribution in [2.45, 2.75) is 19.8 Å². The molecule has 0 aromatic heterocycles. The van der Waals surface area contributed by atoms with Gasteiger partial charge >= 0.3 is 0 Å². The number of aryl methyl sites for hydroxylation is 1. The zero-order valence-electron chi connectivity index (χ0n) is 10.3. The molecular formula is C16H15BrO. The van der Waals surface area contributed by atoms with Crippen LogP contribution in [-0.2, 0) is 17.6 Å². The van der Waals surface area contributed by atoms with Gasteiger partial charge in [-0.25, -0.2) is 0 Å². The maximum absolute atomic E-state index is 12.0. The average molecular weight is 303 g/mol. The number of halogens is 1. The monoisotopic (exact) mass is 302 g/mol. The van der Waals surface area contributed by atoms with E-state index >= 15 is 0 Å². The number of hydrogen-bond donors (Lipinski definition) is 0.